The third-order valence-corrected chi connectivity index (χ3v) is 4.79. The maximum Gasteiger partial charge on any atom is 0.255 e. The van der Waals surface area contributed by atoms with Crippen LogP contribution in [0.5, 0.6) is 5.75 Å². The van der Waals surface area contributed by atoms with Gasteiger partial charge >= 0.3 is 0 Å². The largest absolute Gasteiger partial charge is 0.507 e. The second-order valence-electron chi connectivity index (χ2n) is 6.62. The molecule has 0 aromatic heterocycles. The lowest BCUT2D eigenvalue weighted by Crippen LogP contribution is -2.34. The molecule has 3 rings (SSSR count). The molecule has 4 nitrogen and oxygen atoms in total. The summed E-state index contributed by atoms with van der Waals surface area (Å²) in [6, 6.07) is 11.8. The topological polar surface area (TPSA) is 61.4 Å². The molecule has 0 bridgehead atoms. The molecule has 1 aliphatic rings. The molecule has 0 aliphatic heterocycles. The predicted octanol–water partition coefficient (Wildman–Crippen LogP) is 3.59. The number of fused-ring (bicyclic) bond motifs is 1. The van der Waals surface area contributed by atoms with Crippen molar-refractivity contribution in [2.75, 3.05) is 13.1 Å². The van der Waals surface area contributed by atoms with Crippen molar-refractivity contribution in [1.82, 2.24) is 10.6 Å². The minimum Gasteiger partial charge on any atom is -0.507 e. The molecule has 0 heterocycles. The lowest BCUT2D eigenvalue weighted by molar-refractivity contribution is 0.0950. The van der Waals surface area contributed by atoms with Crippen LogP contribution >= 0.6 is 0 Å². The molecule has 1 aliphatic carbocycles. The molecule has 2 aromatic rings. The first-order valence-corrected chi connectivity index (χ1v) is 8.97. The van der Waals surface area contributed by atoms with E-state index in [1.54, 1.807) is 12.1 Å². The van der Waals surface area contributed by atoms with E-state index in [0.717, 1.165) is 23.7 Å². The van der Waals surface area contributed by atoms with Gasteiger partial charge in [0.1, 0.15) is 5.75 Å². The normalized spacial score (nSPS) is 15.5. The van der Waals surface area contributed by atoms with Crippen molar-refractivity contribution >= 4 is 16.7 Å². The summed E-state index contributed by atoms with van der Waals surface area (Å²) in [4.78, 5) is 12.3. The Kier molecular flexibility index (Phi) is 5.70. The van der Waals surface area contributed by atoms with Crippen LogP contribution in [0.2, 0.25) is 0 Å². The SMILES string of the molecule is O=C(NCCCNC1CCCCC1)c1cc2ccccc2cc1O. The summed E-state index contributed by atoms with van der Waals surface area (Å²) in [5.74, 6) is -0.178. The van der Waals surface area contributed by atoms with Crippen molar-refractivity contribution in [3.05, 3.63) is 42.0 Å². The third-order valence-electron chi connectivity index (χ3n) is 4.79. The van der Waals surface area contributed by atoms with Gasteiger partial charge in [-0.05, 0) is 48.7 Å². The summed E-state index contributed by atoms with van der Waals surface area (Å²) in [6.45, 7) is 1.54. The number of phenolic OH excluding ortho intramolecular Hbond substituents is 1. The molecule has 1 amide bonds. The number of carbonyl (C=O) groups is 1. The number of nitrogens with one attached hydrogen (secondary N) is 2. The van der Waals surface area contributed by atoms with Gasteiger partial charge in [0, 0.05) is 12.6 Å². The van der Waals surface area contributed by atoms with E-state index < -0.39 is 0 Å². The highest BCUT2D eigenvalue weighted by molar-refractivity contribution is 6.01. The zero-order valence-corrected chi connectivity index (χ0v) is 14.1. The summed E-state index contributed by atoms with van der Waals surface area (Å²) < 4.78 is 0. The molecule has 2 aromatic carbocycles. The van der Waals surface area contributed by atoms with Crippen LogP contribution in [0.15, 0.2) is 36.4 Å². The van der Waals surface area contributed by atoms with E-state index in [2.05, 4.69) is 10.6 Å². The average molecular weight is 326 g/mol. The fraction of sp³-hybridized carbons (Fsp3) is 0.450. The van der Waals surface area contributed by atoms with Gasteiger partial charge in [0.05, 0.1) is 5.56 Å². The first-order valence-electron chi connectivity index (χ1n) is 8.97. The molecular formula is C20H26N2O2. The van der Waals surface area contributed by atoms with Crippen molar-refractivity contribution < 1.29 is 9.90 Å². The molecular weight excluding hydrogens is 300 g/mol. The quantitative estimate of drug-likeness (QED) is 0.711. The van der Waals surface area contributed by atoms with Gasteiger partial charge in [-0.1, -0.05) is 43.5 Å². The standard InChI is InChI=1S/C20H26N2O2/c23-19-14-16-8-5-4-7-15(16)13-18(19)20(24)22-12-6-11-21-17-9-2-1-3-10-17/h4-5,7-8,13-14,17,21,23H,1-3,6,9-12H2,(H,22,24). The van der Waals surface area contributed by atoms with Crippen LogP contribution in [-0.4, -0.2) is 30.1 Å². The molecule has 3 N–H and O–H groups in total. The lowest BCUT2D eigenvalue weighted by atomic mass is 9.95. The number of carbonyl (C=O) groups excluding carboxylic acids is 1. The monoisotopic (exact) mass is 326 g/mol. The Hall–Kier alpha value is -2.07. The second-order valence-corrected chi connectivity index (χ2v) is 6.62. The molecule has 0 saturated heterocycles. The van der Waals surface area contributed by atoms with Gasteiger partial charge in [-0.25, -0.2) is 0 Å². The Morgan fingerprint density at radius 3 is 2.50 bits per heavy atom. The van der Waals surface area contributed by atoms with Crippen LogP contribution in [0.3, 0.4) is 0 Å². The second kappa shape index (κ2) is 8.15. The summed E-state index contributed by atoms with van der Waals surface area (Å²) in [5.41, 5.74) is 0.342. The van der Waals surface area contributed by atoms with Gasteiger partial charge < -0.3 is 15.7 Å². The summed E-state index contributed by atoms with van der Waals surface area (Å²) in [5, 5.41) is 18.4. The van der Waals surface area contributed by atoms with E-state index >= 15 is 0 Å². The van der Waals surface area contributed by atoms with Gasteiger partial charge in [-0.2, -0.15) is 0 Å². The summed E-state index contributed by atoms with van der Waals surface area (Å²) in [6.07, 6.45) is 7.47. The molecule has 0 spiro atoms. The third kappa shape index (κ3) is 4.26. The molecule has 128 valence electrons. The Morgan fingerprint density at radius 1 is 1.04 bits per heavy atom. The summed E-state index contributed by atoms with van der Waals surface area (Å²) in [7, 11) is 0. The number of hydrogen-bond donors (Lipinski definition) is 3. The fourth-order valence-corrected chi connectivity index (χ4v) is 3.41. The molecule has 0 atom stereocenters. The van der Waals surface area contributed by atoms with Crippen LogP contribution in [0.25, 0.3) is 10.8 Å². The summed E-state index contributed by atoms with van der Waals surface area (Å²) >= 11 is 0. The van der Waals surface area contributed by atoms with Crippen molar-refractivity contribution in [3.63, 3.8) is 0 Å². The highest BCUT2D eigenvalue weighted by Crippen LogP contribution is 2.24. The van der Waals surface area contributed by atoms with Crippen molar-refractivity contribution in [2.24, 2.45) is 0 Å². The van der Waals surface area contributed by atoms with Gasteiger partial charge in [0.2, 0.25) is 0 Å². The molecule has 1 fully saturated rings. The van der Waals surface area contributed by atoms with Crippen molar-refractivity contribution in [1.29, 1.82) is 0 Å². The average Bonchev–Trinajstić information content (AvgIpc) is 2.61. The van der Waals surface area contributed by atoms with Crippen LogP contribution in [0, 0.1) is 0 Å². The number of hydrogen-bond acceptors (Lipinski definition) is 3. The van der Waals surface area contributed by atoms with E-state index in [9.17, 15) is 9.90 Å². The van der Waals surface area contributed by atoms with E-state index in [4.69, 9.17) is 0 Å². The number of phenols is 1. The highest BCUT2D eigenvalue weighted by atomic mass is 16.3. The zero-order chi connectivity index (χ0) is 16.8. The predicted molar refractivity (Wildman–Crippen MR) is 97.4 cm³/mol. The number of aromatic hydroxyl groups is 1. The Bertz CT molecular complexity index is 693. The first kappa shape index (κ1) is 16.8. The number of rotatable bonds is 6. The van der Waals surface area contributed by atoms with Gasteiger partial charge in [0.15, 0.2) is 0 Å². The minimum absolute atomic E-state index is 0.0338. The van der Waals surface area contributed by atoms with E-state index in [-0.39, 0.29) is 11.7 Å². The molecule has 4 heteroatoms. The van der Waals surface area contributed by atoms with Gasteiger partial charge in [-0.15, -0.1) is 0 Å². The van der Waals surface area contributed by atoms with Crippen LogP contribution in [0.4, 0.5) is 0 Å². The molecule has 1 saturated carbocycles. The van der Waals surface area contributed by atoms with E-state index in [1.807, 2.05) is 24.3 Å². The Balaban J connectivity index is 1.47. The number of benzene rings is 2. The maximum absolute atomic E-state index is 12.3. The Labute approximate surface area is 143 Å². The van der Waals surface area contributed by atoms with Crippen LogP contribution in [0.1, 0.15) is 48.9 Å². The molecule has 0 radical (unpaired) electrons. The smallest absolute Gasteiger partial charge is 0.255 e. The van der Waals surface area contributed by atoms with Crippen molar-refractivity contribution in [3.8, 4) is 5.75 Å². The lowest BCUT2D eigenvalue weighted by Gasteiger charge is -2.22. The first-order chi connectivity index (χ1) is 11.7. The van der Waals surface area contributed by atoms with Crippen LogP contribution < -0.4 is 10.6 Å². The van der Waals surface area contributed by atoms with E-state index in [1.165, 1.54) is 32.1 Å². The molecule has 24 heavy (non-hydrogen) atoms. The highest BCUT2D eigenvalue weighted by Gasteiger charge is 2.13. The van der Waals surface area contributed by atoms with Gasteiger partial charge in [-0.3, -0.25) is 4.79 Å². The van der Waals surface area contributed by atoms with E-state index in [0.29, 0.717) is 18.2 Å². The zero-order valence-electron chi connectivity index (χ0n) is 14.1. The fourth-order valence-electron chi connectivity index (χ4n) is 3.41. The van der Waals surface area contributed by atoms with Gasteiger partial charge in [0.25, 0.3) is 5.91 Å². The van der Waals surface area contributed by atoms with Crippen molar-refractivity contribution in [2.45, 2.75) is 44.6 Å². The Morgan fingerprint density at radius 2 is 1.75 bits per heavy atom. The van der Waals surface area contributed by atoms with Crippen LogP contribution in [-0.2, 0) is 0 Å². The minimum atomic E-state index is -0.212. The molecule has 0 unspecified atom stereocenters. The maximum atomic E-state index is 12.3. The number of amides is 1.